The summed E-state index contributed by atoms with van der Waals surface area (Å²) in [5.41, 5.74) is 1.65. The summed E-state index contributed by atoms with van der Waals surface area (Å²) in [6.07, 6.45) is -0.316. The number of carbonyl (C=O) groups is 3. The van der Waals surface area contributed by atoms with E-state index in [2.05, 4.69) is 10.6 Å². The molecule has 2 aromatic rings. The van der Waals surface area contributed by atoms with Crippen molar-refractivity contribution in [1.82, 2.24) is 9.80 Å². The Bertz CT molecular complexity index is 971. The van der Waals surface area contributed by atoms with Gasteiger partial charge in [0.15, 0.2) is 0 Å². The number of piperazine rings is 1. The number of para-hydroxylation sites is 2. The molecule has 0 bridgehead atoms. The van der Waals surface area contributed by atoms with Crippen molar-refractivity contribution in [3.63, 3.8) is 0 Å². The van der Waals surface area contributed by atoms with Gasteiger partial charge in [-0.1, -0.05) is 12.1 Å². The molecule has 1 fully saturated rings. The van der Waals surface area contributed by atoms with E-state index < -0.39 is 0 Å². The van der Waals surface area contributed by atoms with Crippen molar-refractivity contribution in [1.29, 1.82) is 0 Å². The number of nitrogens with zero attached hydrogens (tertiary/aromatic N) is 2. The second-order valence-electron chi connectivity index (χ2n) is 7.62. The minimum atomic E-state index is -0.358. The van der Waals surface area contributed by atoms with Gasteiger partial charge >= 0.3 is 6.09 Å². The number of amides is 3. The number of ether oxygens (including phenoxy) is 2. The lowest BCUT2D eigenvalue weighted by Gasteiger charge is -2.36. The largest absolute Gasteiger partial charge is 0.495 e. The highest BCUT2D eigenvalue weighted by molar-refractivity contribution is 6.05. The zero-order valence-corrected chi connectivity index (χ0v) is 19.2. The van der Waals surface area contributed by atoms with E-state index in [1.807, 2.05) is 24.0 Å². The topological polar surface area (TPSA) is 100 Å². The van der Waals surface area contributed by atoms with Gasteiger partial charge in [0.05, 0.1) is 25.4 Å². The summed E-state index contributed by atoms with van der Waals surface area (Å²) in [5, 5.41) is 5.71. The minimum Gasteiger partial charge on any atom is -0.495 e. The maximum Gasteiger partial charge on any atom is 0.409 e. The van der Waals surface area contributed by atoms with Crippen molar-refractivity contribution in [3.8, 4) is 5.75 Å². The molecule has 0 aromatic heterocycles. The Balaban J connectivity index is 1.52. The molecule has 9 nitrogen and oxygen atoms in total. The molecule has 1 aliphatic heterocycles. The van der Waals surface area contributed by atoms with Gasteiger partial charge in [-0.15, -0.1) is 0 Å². The first-order chi connectivity index (χ1) is 15.9. The van der Waals surface area contributed by atoms with Gasteiger partial charge in [-0.3, -0.25) is 14.5 Å². The molecule has 2 N–H and O–H groups in total. The van der Waals surface area contributed by atoms with Gasteiger partial charge in [-0.05, 0) is 50.2 Å². The second kappa shape index (κ2) is 11.3. The monoisotopic (exact) mass is 454 g/mol. The highest BCUT2D eigenvalue weighted by atomic mass is 16.6. The number of rotatable bonds is 7. The molecule has 176 valence electrons. The Morgan fingerprint density at radius 3 is 2.27 bits per heavy atom. The van der Waals surface area contributed by atoms with E-state index in [4.69, 9.17) is 9.47 Å². The lowest BCUT2D eigenvalue weighted by molar-refractivity contribution is -0.121. The maximum atomic E-state index is 12.7. The zero-order chi connectivity index (χ0) is 23.8. The Hall–Kier alpha value is -3.59. The summed E-state index contributed by atoms with van der Waals surface area (Å²) in [6, 6.07) is 13.5. The van der Waals surface area contributed by atoms with Crippen LogP contribution in [0.15, 0.2) is 48.5 Å². The summed E-state index contributed by atoms with van der Waals surface area (Å²) < 4.78 is 10.3. The molecule has 0 saturated carbocycles. The third-order valence-electron chi connectivity index (χ3n) is 5.54. The number of hydrogen-bond acceptors (Lipinski definition) is 6. The van der Waals surface area contributed by atoms with Gasteiger partial charge in [0.2, 0.25) is 5.91 Å². The van der Waals surface area contributed by atoms with Crippen LogP contribution in [-0.4, -0.2) is 73.6 Å². The molecule has 0 radical (unpaired) electrons. The van der Waals surface area contributed by atoms with Crippen LogP contribution in [0.2, 0.25) is 0 Å². The highest BCUT2D eigenvalue weighted by Crippen LogP contribution is 2.24. The molecular formula is C24H30N4O5. The van der Waals surface area contributed by atoms with Crippen molar-refractivity contribution < 1.29 is 23.9 Å². The van der Waals surface area contributed by atoms with Gasteiger partial charge < -0.3 is 25.0 Å². The van der Waals surface area contributed by atoms with E-state index in [9.17, 15) is 14.4 Å². The van der Waals surface area contributed by atoms with E-state index in [-0.39, 0.29) is 23.9 Å². The Morgan fingerprint density at radius 2 is 1.64 bits per heavy atom. The zero-order valence-electron chi connectivity index (χ0n) is 19.2. The van der Waals surface area contributed by atoms with E-state index in [1.54, 1.807) is 55.3 Å². The number of benzene rings is 2. The van der Waals surface area contributed by atoms with E-state index in [1.165, 1.54) is 0 Å². The van der Waals surface area contributed by atoms with Crippen LogP contribution in [0.3, 0.4) is 0 Å². The molecule has 9 heteroatoms. The number of anilines is 2. The highest BCUT2D eigenvalue weighted by Gasteiger charge is 2.28. The molecule has 3 amide bonds. The summed E-state index contributed by atoms with van der Waals surface area (Å²) in [5.74, 6) is 0.155. The summed E-state index contributed by atoms with van der Waals surface area (Å²) >= 11 is 0. The molecule has 3 rings (SSSR count). The molecule has 0 aliphatic carbocycles. The molecule has 0 spiro atoms. The molecule has 1 heterocycles. The summed E-state index contributed by atoms with van der Waals surface area (Å²) in [4.78, 5) is 40.8. The van der Waals surface area contributed by atoms with Gasteiger partial charge in [-0.25, -0.2) is 4.79 Å². The van der Waals surface area contributed by atoms with Crippen LogP contribution in [0.5, 0.6) is 5.75 Å². The summed E-state index contributed by atoms with van der Waals surface area (Å²) in [7, 11) is 1.55. The standard InChI is InChI=1S/C24H30N4O5/c1-4-33-24(31)28-15-13-27(14-16-28)17(2)22(29)25-19-11-9-18(10-12-19)23(30)26-20-7-5-6-8-21(20)32-3/h5-12,17H,4,13-16H2,1-3H3,(H,25,29)(H,26,30). The summed E-state index contributed by atoms with van der Waals surface area (Å²) in [6.45, 7) is 6.19. The van der Waals surface area contributed by atoms with E-state index in [0.29, 0.717) is 55.5 Å². The van der Waals surface area contributed by atoms with Crippen LogP contribution in [0.1, 0.15) is 24.2 Å². The minimum absolute atomic E-state index is 0.147. The molecule has 1 saturated heterocycles. The molecule has 1 aliphatic rings. The molecule has 2 aromatic carbocycles. The predicted octanol–water partition coefficient (Wildman–Crippen LogP) is 3.05. The van der Waals surface area contributed by atoms with Crippen LogP contribution in [-0.2, 0) is 9.53 Å². The second-order valence-corrected chi connectivity index (χ2v) is 7.62. The number of hydrogen-bond donors (Lipinski definition) is 2. The lowest BCUT2D eigenvalue weighted by atomic mass is 10.1. The smallest absolute Gasteiger partial charge is 0.409 e. The van der Waals surface area contributed by atoms with Crippen molar-refractivity contribution in [2.24, 2.45) is 0 Å². The third kappa shape index (κ3) is 6.23. The first-order valence-electron chi connectivity index (χ1n) is 10.9. The van der Waals surface area contributed by atoms with Crippen LogP contribution < -0.4 is 15.4 Å². The first-order valence-corrected chi connectivity index (χ1v) is 10.9. The molecule has 1 atom stereocenters. The Labute approximate surface area is 193 Å². The fourth-order valence-electron chi connectivity index (χ4n) is 3.57. The number of nitrogens with one attached hydrogen (secondary N) is 2. The van der Waals surface area contributed by atoms with Crippen molar-refractivity contribution in [2.75, 3.05) is 50.5 Å². The van der Waals surface area contributed by atoms with Gasteiger partial charge in [0.25, 0.3) is 5.91 Å². The van der Waals surface area contributed by atoms with Crippen molar-refractivity contribution in [2.45, 2.75) is 19.9 Å². The van der Waals surface area contributed by atoms with Crippen LogP contribution in [0.25, 0.3) is 0 Å². The van der Waals surface area contributed by atoms with Gasteiger partial charge in [0, 0.05) is 37.4 Å². The molecule has 33 heavy (non-hydrogen) atoms. The van der Waals surface area contributed by atoms with Crippen LogP contribution in [0, 0.1) is 0 Å². The maximum absolute atomic E-state index is 12.7. The SMILES string of the molecule is CCOC(=O)N1CCN(C(C)C(=O)Nc2ccc(C(=O)Nc3ccccc3OC)cc2)CC1. The Kier molecular flexibility index (Phi) is 8.26. The van der Waals surface area contributed by atoms with Crippen LogP contribution >= 0.6 is 0 Å². The fourth-order valence-corrected chi connectivity index (χ4v) is 3.57. The van der Waals surface area contributed by atoms with E-state index in [0.717, 1.165) is 0 Å². The molecule has 1 unspecified atom stereocenters. The number of methoxy groups -OCH3 is 1. The van der Waals surface area contributed by atoms with Crippen molar-refractivity contribution in [3.05, 3.63) is 54.1 Å². The van der Waals surface area contributed by atoms with Gasteiger partial charge in [0.1, 0.15) is 5.75 Å². The third-order valence-corrected chi connectivity index (χ3v) is 5.54. The normalized spacial score (nSPS) is 14.8. The van der Waals surface area contributed by atoms with E-state index >= 15 is 0 Å². The average Bonchev–Trinajstić information content (AvgIpc) is 2.84. The van der Waals surface area contributed by atoms with Crippen LogP contribution in [0.4, 0.5) is 16.2 Å². The lowest BCUT2D eigenvalue weighted by Crippen LogP contribution is -2.54. The molecular weight excluding hydrogens is 424 g/mol. The first kappa shape index (κ1) is 24.1. The predicted molar refractivity (Wildman–Crippen MR) is 126 cm³/mol. The Morgan fingerprint density at radius 1 is 0.970 bits per heavy atom. The van der Waals surface area contributed by atoms with Gasteiger partial charge in [-0.2, -0.15) is 0 Å². The van der Waals surface area contributed by atoms with Crippen molar-refractivity contribution >= 4 is 29.3 Å². The number of carbonyl (C=O) groups excluding carboxylic acids is 3. The quantitative estimate of drug-likeness (QED) is 0.667. The fraction of sp³-hybridized carbons (Fsp3) is 0.375. The average molecular weight is 455 g/mol.